The molecule has 6 heteroatoms. The molecule has 0 saturated heterocycles. The molecule has 200 valence electrons. The van der Waals surface area contributed by atoms with Gasteiger partial charge in [0.15, 0.2) is 0 Å². The van der Waals surface area contributed by atoms with Crippen molar-refractivity contribution in [3.8, 4) is 5.75 Å². The smallest absolute Gasteiger partial charge is 0.259 e. The molecule has 0 saturated carbocycles. The van der Waals surface area contributed by atoms with Crippen LogP contribution in [-0.4, -0.2) is 12.1 Å². The first-order valence-corrected chi connectivity index (χ1v) is 14.5. The van der Waals surface area contributed by atoms with E-state index >= 15 is 0 Å². The van der Waals surface area contributed by atoms with Gasteiger partial charge in [0.05, 0.1) is 5.56 Å². The molecule has 1 aromatic heterocycles. The molecule has 1 heterocycles. The van der Waals surface area contributed by atoms with E-state index in [1.54, 1.807) is 11.3 Å². The average molecular weight is 557 g/mol. The third-order valence-electron chi connectivity index (χ3n) is 7.29. The summed E-state index contributed by atoms with van der Waals surface area (Å²) < 4.78 is 5.91. The number of nitrogens with zero attached hydrogens (tertiary/aromatic N) is 1. The van der Waals surface area contributed by atoms with E-state index in [0.29, 0.717) is 23.1 Å². The maximum atomic E-state index is 13.5. The molecule has 1 atom stereocenters. The highest BCUT2D eigenvalue weighted by Crippen LogP contribution is 2.45. The lowest BCUT2D eigenvalue weighted by Gasteiger charge is -2.33. The van der Waals surface area contributed by atoms with E-state index in [9.17, 15) is 4.79 Å². The Labute approximate surface area is 239 Å². The molecular formula is C33H33ClN2O2S. The highest BCUT2D eigenvalue weighted by molar-refractivity contribution is 7.16. The zero-order valence-corrected chi connectivity index (χ0v) is 24.1. The number of carbonyl (C=O) groups excluding carboxylic acids is 1. The number of thiophene rings is 1. The van der Waals surface area contributed by atoms with Gasteiger partial charge < -0.3 is 10.1 Å². The Balaban J connectivity index is 1.36. The van der Waals surface area contributed by atoms with E-state index in [0.717, 1.165) is 52.4 Å². The Bertz CT molecular complexity index is 1470. The van der Waals surface area contributed by atoms with E-state index in [1.165, 1.54) is 4.88 Å². The van der Waals surface area contributed by atoms with Crippen molar-refractivity contribution < 1.29 is 9.53 Å². The van der Waals surface area contributed by atoms with E-state index in [-0.39, 0.29) is 11.3 Å². The number of hydrogen-bond acceptors (Lipinski definition) is 4. The van der Waals surface area contributed by atoms with Gasteiger partial charge in [0.25, 0.3) is 5.91 Å². The van der Waals surface area contributed by atoms with Crippen molar-refractivity contribution in [1.82, 2.24) is 0 Å². The summed E-state index contributed by atoms with van der Waals surface area (Å²) in [7, 11) is 0. The van der Waals surface area contributed by atoms with Crippen LogP contribution >= 0.6 is 22.9 Å². The number of aliphatic imine (C=N–C) groups is 1. The molecule has 1 N–H and O–H groups in total. The summed E-state index contributed by atoms with van der Waals surface area (Å²) in [6, 6.07) is 25.1. The Morgan fingerprint density at radius 2 is 1.77 bits per heavy atom. The quantitative estimate of drug-likeness (QED) is 0.231. The first kappa shape index (κ1) is 27.2. The second-order valence-corrected chi connectivity index (χ2v) is 12.5. The number of para-hydroxylation sites is 1. The third kappa shape index (κ3) is 6.60. The van der Waals surface area contributed by atoms with Gasteiger partial charge in [0.1, 0.15) is 17.4 Å². The van der Waals surface area contributed by atoms with Gasteiger partial charge in [0.2, 0.25) is 0 Å². The van der Waals surface area contributed by atoms with Crippen LogP contribution in [-0.2, 0) is 19.4 Å². The summed E-state index contributed by atoms with van der Waals surface area (Å²) >= 11 is 7.89. The molecule has 0 bridgehead atoms. The number of nitrogens with one attached hydrogen (secondary N) is 1. The largest absolute Gasteiger partial charge is 0.489 e. The summed E-state index contributed by atoms with van der Waals surface area (Å²) in [6.07, 6.45) is 4.80. The van der Waals surface area contributed by atoms with Gasteiger partial charge in [-0.1, -0.05) is 68.8 Å². The SMILES string of the molecule is CC(C)(C)[C@@H]1CCc2c(sc(N=Cc3ccc(OCc4ccccc4Cl)cc3)c2C(=O)Nc2ccccc2)C1. The van der Waals surface area contributed by atoms with Gasteiger partial charge in [-0.05, 0) is 84.2 Å². The highest BCUT2D eigenvalue weighted by atomic mass is 35.5. The monoisotopic (exact) mass is 556 g/mol. The van der Waals surface area contributed by atoms with Crippen LogP contribution < -0.4 is 10.1 Å². The second kappa shape index (κ2) is 11.8. The Kier molecular flexibility index (Phi) is 8.20. The number of hydrogen-bond donors (Lipinski definition) is 1. The van der Waals surface area contributed by atoms with Crippen LogP contribution in [0.5, 0.6) is 5.75 Å². The molecule has 0 spiro atoms. The molecule has 4 nitrogen and oxygen atoms in total. The summed E-state index contributed by atoms with van der Waals surface area (Å²) in [5, 5.41) is 4.54. The van der Waals surface area contributed by atoms with Crippen molar-refractivity contribution in [2.75, 3.05) is 5.32 Å². The lowest BCUT2D eigenvalue weighted by atomic mass is 9.72. The zero-order chi connectivity index (χ0) is 27.4. The lowest BCUT2D eigenvalue weighted by Crippen LogP contribution is -2.27. The summed E-state index contributed by atoms with van der Waals surface area (Å²) in [4.78, 5) is 19.6. The fourth-order valence-corrected chi connectivity index (χ4v) is 6.37. The molecular weight excluding hydrogens is 524 g/mol. The summed E-state index contributed by atoms with van der Waals surface area (Å²) in [5.74, 6) is 1.25. The van der Waals surface area contributed by atoms with Crippen LogP contribution in [0.25, 0.3) is 0 Å². The van der Waals surface area contributed by atoms with Crippen molar-refractivity contribution in [3.63, 3.8) is 0 Å². The molecule has 0 fully saturated rings. The topological polar surface area (TPSA) is 50.7 Å². The second-order valence-electron chi connectivity index (χ2n) is 11.0. The molecule has 5 rings (SSSR count). The number of ether oxygens (including phenoxy) is 1. The van der Waals surface area contributed by atoms with Gasteiger partial charge in [-0.3, -0.25) is 4.79 Å². The molecule has 3 aromatic carbocycles. The number of benzene rings is 3. The van der Waals surface area contributed by atoms with Crippen LogP contribution in [0.3, 0.4) is 0 Å². The number of carbonyl (C=O) groups is 1. The van der Waals surface area contributed by atoms with Gasteiger partial charge in [-0.2, -0.15) is 0 Å². The normalized spacial score (nSPS) is 15.2. The van der Waals surface area contributed by atoms with E-state index in [1.807, 2.05) is 85.1 Å². The van der Waals surface area contributed by atoms with Crippen LogP contribution in [0.2, 0.25) is 5.02 Å². The minimum Gasteiger partial charge on any atom is -0.489 e. The maximum absolute atomic E-state index is 13.5. The summed E-state index contributed by atoms with van der Waals surface area (Å²) in [5.41, 5.74) is 4.77. The fraction of sp³-hybridized carbons (Fsp3) is 0.273. The Morgan fingerprint density at radius 1 is 1.05 bits per heavy atom. The van der Waals surface area contributed by atoms with Gasteiger partial charge in [-0.25, -0.2) is 4.99 Å². The molecule has 0 radical (unpaired) electrons. The Hall–Kier alpha value is -3.41. The predicted molar refractivity (Wildman–Crippen MR) is 163 cm³/mol. The number of halogens is 1. The molecule has 1 aliphatic carbocycles. The Morgan fingerprint density at radius 3 is 2.49 bits per heavy atom. The van der Waals surface area contributed by atoms with Crippen molar-refractivity contribution in [2.24, 2.45) is 16.3 Å². The zero-order valence-electron chi connectivity index (χ0n) is 22.5. The number of fused-ring (bicyclic) bond motifs is 1. The first-order valence-electron chi connectivity index (χ1n) is 13.3. The van der Waals surface area contributed by atoms with Gasteiger partial charge in [-0.15, -0.1) is 11.3 Å². The number of rotatable bonds is 7. The van der Waals surface area contributed by atoms with Crippen molar-refractivity contribution in [2.45, 2.75) is 46.6 Å². The molecule has 39 heavy (non-hydrogen) atoms. The van der Waals surface area contributed by atoms with Crippen LogP contribution in [0.15, 0.2) is 83.9 Å². The molecule has 0 unspecified atom stereocenters. The third-order valence-corrected chi connectivity index (χ3v) is 8.82. The predicted octanol–water partition coefficient (Wildman–Crippen LogP) is 9.13. The minimum absolute atomic E-state index is 0.0941. The van der Waals surface area contributed by atoms with E-state index in [2.05, 4.69) is 26.1 Å². The molecule has 4 aromatic rings. The highest BCUT2D eigenvalue weighted by Gasteiger charge is 2.33. The molecule has 0 aliphatic heterocycles. The maximum Gasteiger partial charge on any atom is 0.259 e. The molecule has 1 amide bonds. The standard InChI is InChI=1S/C33H33ClN2O2S/c1-33(2,3)24-15-18-27-29(19-24)39-32(30(27)31(37)36-25-10-5-4-6-11-25)35-20-22-13-16-26(17-14-22)38-21-23-9-7-8-12-28(23)34/h4-14,16-17,20,24H,15,18-19,21H2,1-3H3,(H,36,37)/t24-/m1/s1. The van der Waals surface area contributed by atoms with Crippen LogP contribution in [0, 0.1) is 11.3 Å². The van der Waals surface area contributed by atoms with Crippen LogP contribution in [0.1, 0.15) is 59.1 Å². The lowest BCUT2D eigenvalue weighted by molar-refractivity contribution is 0.102. The van der Waals surface area contributed by atoms with E-state index < -0.39 is 0 Å². The minimum atomic E-state index is -0.0941. The van der Waals surface area contributed by atoms with Gasteiger partial charge >= 0.3 is 0 Å². The van der Waals surface area contributed by atoms with E-state index in [4.69, 9.17) is 21.3 Å². The van der Waals surface area contributed by atoms with Crippen molar-refractivity contribution in [1.29, 1.82) is 0 Å². The fourth-order valence-electron chi connectivity index (χ4n) is 4.91. The van der Waals surface area contributed by atoms with Crippen molar-refractivity contribution >= 4 is 45.7 Å². The van der Waals surface area contributed by atoms with Crippen LogP contribution in [0.4, 0.5) is 10.7 Å². The first-order chi connectivity index (χ1) is 18.8. The number of anilines is 1. The van der Waals surface area contributed by atoms with Gasteiger partial charge in [0, 0.05) is 27.4 Å². The average Bonchev–Trinajstić information content (AvgIpc) is 3.30. The molecule has 1 aliphatic rings. The summed E-state index contributed by atoms with van der Waals surface area (Å²) in [6.45, 7) is 7.32. The number of amides is 1. The van der Waals surface area contributed by atoms with Crippen molar-refractivity contribution in [3.05, 3.63) is 111 Å².